The van der Waals surface area contributed by atoms with Gasteiger partial charge in [0.1, 0.15) is 0 Å². The Bertz CT molecular complexity index is 396. The van der Waals surface area contributed by atoms with Crippen molar-refractivity contribution in [2.45, 2.75) is 56.5 Å². The Morgan fingerprint density at radius 1 is 1.21 bits per heavy atom. The van der Waals surface area contributed by atoms with Crippen LogP contribution in [0.15, 0.2) is 30.3 Å². The molecule has 1 heterocycles. The molecule has 1 aromatic rings. The van der Waals surface area contributed by atoms with Gasteiger partial charge in [0.2, 0.25) is 0 Å². The zero-order chi connectivity index (χ0) is 13.1. The maximum atomic E-state index is 9.61. The van der Waals surface area contributed by atoms with Gasteiger partial charge in [-0.05, 0) is 31.2 Å². The van der Waals surface area contributed by atoms with Gasteiger partial charge in [0, 0.05) is 6.42 Å². The standard InChI is InChI=1S/C16H22O3/c17-14-10-16(19-12-14)8-6-15(7-9-16)18-11-13-4-2-1-3-5-13/h1-5,14-15,17H,6-12H2. The third-order valence-electron chi connectivity index (χ3n) is 4.36. The van der Waals surface area contributed by atoms with Crippen molar-refractivity contribution in [3.8, 4) is 0 Å². The Hall–Kier alpha value is -0.900. The highest BCUT2D eigenvalue weighted by Gasteiger charge is 2.42. The van der Waals surface area contributed by atoms with Crippen molar-refractivity contribution in [3.05, 3.63) is 35.9 Å². The Labute approximate surface area is 114 Å². The van der Waals surface area contributed by atoms with Gasteiger partial charge in [-0.1, -0.05) is 30.3 Å². The second kappa shape index (κ2) is 5.61. The van der Waals surface area contributed by atoms with Gasteiger partial charge in [-0.3, -0.25) is 0 Å². The minimum absolute atomic E-state index is 0.0496. The Morgan fingerprint density at radius 3 is 2.58 bits per heavy atom. The number of hydrogen-bond acceptors (Lipinski definition) is 3. The summed E-state index contributed by atoms with van der Waals surface area (Å²) >= 11 is 0. The molecule has 1 aromatic carbocycles. The summed E-state index contributed by atoms with van der Waals surface area (Å²) in [6.45, 7) is 1.21. The first-order valence-electron chi connectivity index (χ1n) is 7.23. The van der Waals surface area contributed by atoms with E-state index in [1.165, 1.54) is 5.56 Å². The van der Waals surface area contributed by atoms with Crippen LogP contribution >= 0.6 is 0 Å². The van der Waals surface area contributed by atoms with Crippen LogP contribution in [0.4, 0.5) is 0 Å². The summed E-state index contributed by atoms with van der Waals surface area (Å²) in [4.78, 5) is 0. The third-order valence-corrected chi connectivity index (χ3v) is 4.36. The summed E-state index contributed by atoms with van der Waals surface area (Å²) in [6, 6.07) is 10.3. The molecule has 1 N–H and O–H groups in total. The molecule has 0 radical (unpaired) electrons. The maximum absolute atomic E-state index is 9.61. The zero-order valence-corrected chi connectivity index (χ0v) is 11.3. The third kappa shape index (κ3) is 3.16. The lowest BCUT2D eigenvalue weighted by atomic mass is 9.81. The van der Waals surface area contributed by atoms with Gasteiger partial charge in [0.05, 0.1) is 31.0 Å². The SMILES string of the molecule is OC1COC2(CCC(OCc3ccccc3)CC2)C1. The van der Waals surface area contributed by atoms with Crippen molar-refractivity contribution in [3.63, 3.8) is 0 Å². The van der Waals surface area contributed by atoms with E-state index >= 15 is 0 Å². The van der Waals surface area contributed by atoms with Crippen molar-refractivity contribution < 1.29 is 14.6 Å². The molecule has 1 aliphatic carbocycles. The quantitative estimate of drug-likeness (QED) is 0.910. The molecule has 3 heteroatoms. The Kier molecular flexibility index (Phi) is 3.87. The molecule has 2 aliphatic rings. The highest BCUT2D eigenvalue weighted by molar-refractivity contribution is 5.13. The Balaban J connectivity index is 1.46. The normalized spacial score (nSPS) is 34.8. The van der Waals surface area contributed by atoms with Crippen molar-refractivity contribution in [2.75, 3.05) is 6.61 Å². The smallest absolute Gasteiger partial charge is 0.0801 e. The van der Waals surface area contributed by atoms with Gasteiger partial charge in [0.25, 0.3) is 0 Å². The number of ether oxygens (including phenoxy) is 2. The van der Waals surface area contributed by atoms with E-state index in [9.17, 15) is 5.11 Å². The van der Waals surface area contributed by atoms with Crippen LogP contribution in [0.3, 0.4) is 0 Å². The largest absolute Gasteiger partial charge is 0.391 e. The lowest BCUT2D eigenvalue weighted by Crippen LogP contribution is -2.36. The van der Waals surface area contributed by atoms with E-state index in [0.717, 1.165) is 32.1 Å². The maximum Gasteiger partial charge on any atom is 0.0801 e. The number of benzene rings is 1. The molecule has 1 unspecified atom stereocenters. The average Bonchev–Trinajstić information content (AvgIpc) is 2.81. The number of aliphatic hydroxyl groups is 1. The second-order valence-electron chi connectivity index (χ2n) is 5.85. The minimum atomic E-state index is -0.262. The van der Waals surface area contributed by atoms with Crippen LogP contribution in [-0.4, -0.2) is 29.5 Å². The van der Waals surface area contributed by atoms with Crippen LogP contribution in [0.25, 0.3) is 0 Å². The minimum Gasteiger partial charge on any atom is -0.391 e. The van der Waals surface area contributed by atoms with Gasteiger partial charge >= 0.3 is 0 Å². The molecule has 1 aliphatic heterocycles. The van der Waals surface area contributed by atoms with Gasteiger partial charge in [-0.25, -0.2) is 0 Å². The molecule has 1 saturated heterocycles. The number of rotatable bonds is 3. The fraction of sp³-hybridized carbons (Fsp3) is 0.625. The molecule has 1 spiro atoms. The molecule has 19 heavy (non-hydrogen) atoms. The van der Waals surface area contributed by atoms with E-state index < -0.39 is 0 Å². The number of hydrogen-bond donors (Lipinski definition) is 1. The molecule has 2 fully saturated rings. The zero-order valence-electron chi connectivity index (χ0n) is 11.3. The molecule has 3 rings (SSSR count). The predicted molar refractivity (Wildman–Crippen MR) is 72.8 cm³/mol. The van der Waals surface area contributed by atoms with E-state index in [-0.39, 0.29) is 11.7 Å². The average molecular weight is 262 g/mol. The first-order valence-corrected chi connectivity index (χ1v) is 7.23. The fourth-order valence-electron chi connectivity index (χ4n) is 3.24. The van der Waals surface area contributed by atoms with E-state index in [1.807, 2.05) is 18.2 Å². The van der Waals surface area contributed by atoms with E-state index in [1.54, 1.807) is 0 Å². The monoisotopic (exact) mass is 262 g/mol. The summed E-state index contributed by atoms with van der Waals surface area (Å²) in [5, 5.41) is 9.61. The van der Waals surface area contributed by atoms with Crippen LogP contribution in [0.2, 0.25) is 0 Å². The summed E-state index contributed by atoms with van der Waals surface area (Å²) in [6.07, 6.45) is 5.00. The molecular formula is C16H22O3. The van der Waals surface area contributed by atoms with Crippen molar-refractivity contribution in [1.82, 2.24) is 0 Å². The van der Waals surface area contributed by atoms with Crippen molar-refractivity contribution in [2.24, 2.45) is 0 Å². The molecule has 0 aromatic heterocycles. The highest BCUT2D eigenvalue weighted by atomic mass is 16.5. The van der Waals surface area contributed by atoms with Crippen LogP contribution in [-0.2, 0) is 16.1 Å². The van der Waals surface area contributed by atoms with Gasteiger partial charge < -0.3 is 14.6 Å². The van der Waals surface area contributed by atoms with Crippen LogP contribution in [0.5, 0.6) is 0 Å². The Morgan fingerprint density at radius 2 is 1.95 bits per heavy atom. The van der Waals surface area contributed by atoms with Gasteiger partial charge in [-0.15, -0.1) is 0 Å². The predicted octanol–water partition coefficient (Wildman–Crippen LogP) is 2.67. The fourth-order valence-corrected chi connectivity index (χ4v) is 3.24. The molecule has 0 amide bonds. The lowest BCUT2D eigenvalue weighted by Gasteiger charge is -2.36. The molecular weight excluding hydrogens is 240 g/mol. The van der Waals surface area contributed by atoms with Crippen LogP contribution < -0.4 is 0 Å². The summed E-state index contributed by atoms with van der Waals surface area (Å²) in [5.74, 6) is 0. The van der Waals surface area contributed by atoms with E-state index in [0.29, 0.717) is 19.3 Å². The number of aliphatic hydroxyl groups excluding tert-OH is 1. The molecule has 0 bridgehead atoms. The van der Waals surface area contributed by atoms with Gasteiger partial charge in [0.15, 0.2) is 0 Å². The van der Waals surface area contributed by atoms with Gasteiger partial charge in [-0.2, -0.15) is 0 Å². The topological polar surface area (TPSA) is 38.7 Å². The second-order valence-corrected chi connectivity index (χ2v) is 5.85. The first kappa shape index (κ1) is 13.1. The summed E-state index contributed by atoms with van der Waals surface area (Å²) in [7, 11) is 0. The molecule has 1 atom stereocenters. The molecule has 3 nitrogen and oxygen atoms in total. The highest BCUT2D eigenvalue weighted by Crippen LogP contribution is 2.40. The van der Waals surface area contributed by atoms with Crippen molar-refractivity contribution >= 4 is 0 Å². The summed E-state index contributed by atoms with van der Waals surface area (Å²) in [5.41, 5.74) is 1.18. The molecule has 104 valence electrons. The van der Waals surface area contributed by atoms with E-state index in [4.69, 9.17) is 9.47 Å². The van der Waals surface area contributed by atoms with Crippen LogP contribution in [0, 0.1) is 0 Å². The molecule has 1 saturated carbocycles. The summed E-state index contributed by atoms with van der Waals surface area (Å²) < 4.78 is 11.8. The van der Waals surface area contributed by atoms with E-state index in [2.05, 4.69) is 12.1 Å². The van der Waals surface area contributed by atoms with Crippen molar-refractivity contribution in [1.29, 1.82) is 0 Å². The van der Waals surface area contributed by atoms with Crippen LogP contribution in [0.1, 0.15) is 37.7 Å². The lowest BCUT2D eigenvalue weighted by molar-refractivity contribution is -0.0727. The first-order chi connectivity index (χ1) is 9.26.